The van der Waals surface area contributed by atoms with Crippen molar-refractivity contribution < 1.29 is 51.6 Å². The lowest BCUT2D eigenvalue weighted by Crippen LogP contribution is -2.70. The molecule has 0 heterocycles. The predicted molar refractivity (Wildman–Crippen MR) is 127 cm³/mol. The Bertz CT molecular complexity index is 1310. The molecule has 2 N–H and O–H groups in total. The Kier molecular flexibility index (Phi) is 6.06. The maximum atomic E-state index is 17.3. The third kappa shape index (κ3) is 3.47. The van der Waals surface area contributed by atoms with Gasteiger partial charge in [-0.15, -0.1) is 0 Å². The molecule has 1 aromatic rings. The van der Waals surface area contributed by atoms with Gasteiger partial charge < -0.3 is 19.7 Å². The number of allylic oxidation sites excluding steroid dienone is 4. The summed E-state index contributed by atoms with van der Waals surface area (Å²) in [5.74, 6) is -10.00. The Morgan fingerprint density at radius 3 is 2.33 bits per heavy atom. The van der Waals surface area contributed by atoms with Crippen molar-refractivity contribution in [2.45, 2.75) is 63.8 Å². The van der Waals surface area contributed by atoms with E-state index in [1.807, 2.05) is 0 Å². The second kappa shape index (κ2) is 8.64. The minimum absolute atomic E-state index is 0.00956. The summed E-state index contributed by atoms with van der Waals surface area (Å²) >= 11 is 0. The fourth-order valence-corrected chi connectivity index (χ4v) is 7.95. The topological polar surface area (TPSA) is 110 Å². The molecule has 0 bridgehead atoms. The normalized spacial score (nSPS) is 42.6. The molecule has 0 radical (unpaired) electrons. The average molecular weight is 553 g/mol. The molecule has 7 nitrogen and oxygen atoms in total. The molecule has 210 valence electrons. The average Bonchev–Trinajstić information content (AvgIpc) is 3.03. The first-order valence-corrected chi connectivity index (χ1v) is 12.7. The van der Waals surface area contributed by atoms with E-state index in [0.717, 1.165) is 30.4 Å². The van der Waals surface area contributed by atoms with Crippen LogP contribution in [0, 0.1) is 40.2 Å². The van der Waals surface area contributed by atoms with E-state index in [4.69, 9.17) is 9.47 Å². The smallest absolute Gasteiger partial charge is 0.450 e. The first-order valence-electron chi connectivity index (χ1n) is 12.7. The van der Waals surface area contributed by atoms with Crippen molar-refractivity contribution in [3.05, 3.63) is 59.2 Å². The zero-order chi connectivity index (χ0) is 28.7. The molecular weight excluding hydrogens is 524 g/mol. The summed E-state index contributed by atoms with van der Waals surface area (Å²) in [4.78, 5) is 37.0. The lowest BCUT2D eigenvalue weighted by molar-refractivity contribution is -0.289. The van der Waals surface area contributed by atoms with Crippen LogP contribution in [0.1, 0.15) is 50.4 Å². The summed E-state index contributed by atoms with van der Waals surface area (Å²) in [7, 11) is 0. The van der Waals surface area contributed by atoms with E-state index in [2.05, 4.69) is 0 Å². The van der Waals surface area contributed by atoms with E-state index in [1.165, 1.54) is 26.8 Å². The zero-order valence-corrected chi connectivity index (χ0v) is 21.4. The van der Waals surface area contributed by atoms with Gasteiger partial charge in [-0.05, 0) is 62.0 Å². The van der Waals surface area contributed by atoms with Gasteiger partial charge in [-0.1, -0.05) is 26.0 Å². The molecule has 4 aliphatic rings. The number of benzene rings is 1. The minimum atomic E-state index is -2.47. The van der Waals surface area contributed by atoms with Gasteiger partial charge in [-0.3, -0.25) is 4.79 Å². The van der Waals surface area contributed by atoms with Gasteiger partial charge >= 0.3 is 12.1 Å². The van der Waals surface area contributed by atoms with Crippen LogP contribution in [0.25, 0.3) is 0 Å². The van der Waals surface area contributed by atoms with Gasteiger partial charge in [0.1, 0.15) is 23.4 Å². The standard InChI is InChI=1S/C28H28F4O7/c1-13-9-15-16-11-20(31)17-10-14(33)7-8-25(17,2)27(16,32)21(34)12-26(15,3)28(13,39-24(36)37)38-23(35)22-18(29)5-4-6-19(22)30/h4-8,10,13,15-16,20-21,34H,9,11-12H2,1-3H3,(H,36,37)/t13-,15+,16+,20+,21+,25+,26+,27+,28+/m1/s1. The molecule has 3 saturated carbocycles. The molecule has 0 unspecified atom stereocenters. The van der Waals surface area contributed by atoms with Crippen LogP contribution in [0.2, 0.25) is 0 Å². The molecule has 4 aliphatic carbocycles. The fourth-order valence-electron chi connectivity index (χ4n) is 7.95. The highest BCUT2D eigenvalue weighted by Crippen LogP contribution is 2.71. The number of carboxylic acid groups (broad SMARTS) is 1. The third-order valence-electron chi connectivity index (χ3n) is 9.72. The number of ether oxygens (including phenoxy) is 2. The number of ketones is 1. The summed E-state index contributed by atoms with van der Waals surface area (Å²) in [6.45, 7) is 4.33. The largest absolute Gasteiger partial charge is 0.509 e. The Balaban J connectivity index is 1.63. The second-order valence-electron chi connectivity index (χ2n) is 11.5. The summed E-state index contributed by atoms with van der Waals surface area (Å²) in [5, 5.41) is 21.1. The lowest BCUT2D eigenvalue weighted by atomic mass is 9.45. The molecule has 5 rings (SSSR count). The monoisotopic (exact) mass is 552 g/mol. The van der Waals surface area contributed by atoms with Crippen LogP contribution in [0.15, 0.2) is 42.0 Å². The van der Waals surface area contributed by atoms with Crippen LogP contribution in [-0.4, -0.2) is 51.9 Å². The van der Waals surface area contributed by atoms with Gasteiger partial charge in [0.25, 0.3) is 5.79 Å². The number of aliphatic hydroxyl groups is 1. The van der Waals surface area contributed by atoms with Crippen LogP contribution in [0.3, 0.4) is 0 Å². The summed E-state index contributed by atoms with van der Waals surface area (Å²) in [6, 6.07) is 2.69. The lowest BCUT2D eigenvalue weighted by Gasteiger charge is -2.62. The first-order chi connectivity index (χ1) is 18.1. The number of esters is 1. The van der Waals surface area contributed by atoms with E-state index in [-0.39, 0.29) is 12.0 Å². The van der Waals surface area contributed by atoms with Crippen molar-refractivity contribution in [3.8, 4) is 0 Å². The van der Waals surface area contributed by atoms with Gasteiger partial charge in [-0.2, -0.15) is 0 Å². The maximum absolute atomic E-state index is 17.3. The van der Waals surface area contributed by atoms with Gasteiger partial charge in [0.15, 0.2) is 11.5 Å². The van der Waals surface area contributed by atoms with E-state index in [9.17, 15) is 33.4 Å². The Morgan fingerprint density at radius 1 is 1.08 bits per heavy atom. The number of alkyl halides is 2. The molecule has 39 heavy (non-hydrogen) atoms. The van der Waals surface area contributed by atoms with E-state index < -0.39 is 100 Å². The maximum Gasteiger partial charge on any atom is 0.509 e. The van der Waals surface area contributed by atoms with Gasteiger partial charge in [0.2, 0.25) is 0 Å². The zero-order valence-electron chi connectivity index (χ0n) is 21.4. The van der Waals surface area contributed by atoms with Crippen LogP contribution >= 0.6 is 0 Å². The number of fused-ring (bicyclic) bond motifs is 5. The number of hydrogen-bond acceptors (Lipinski definition) is 6. The van der Waals surface area contributed by atoms with Crippen LogP contribution in [-0.2, 0) is 14.3 Å². The first kappa shape index (κ1) is 27.4. The van der Waals surface area contributed by atoms with Gasteiger partial charge in [0, 0.05) is 17.3 Å². The number of halogens is 4. The number of rotatable bonds is 3. The van der Waals surface area contributed by atoms with Crippen LogP contribution in [0.5, 0.6) is 0 Å². The number of carbonyl (C=O) groups excluding carboxylic acids is 2. The molecule has 0 aliphatic heterocycles. The molecule has 11 heteroatoms. The molecule has 0 aromatic heterocycles. The highest BCUT2D eigenvalue weighted by atomic mass is 19.2. The predicted octanol–water partition coefficient (Wildman–Crippen LogP) is 5.08. The second-order valence-corrected chi connectivity index (χ2v) is 11.5. The third-order valence-corrected chi connectivity index (χ3v) is 9.72. The van der Waals surface area contributed by atoms with Crippen LogP contribution < -0.4 is 0 Å². The summed E-state index contributed by atoms with van der Waals surface area (Å²) in [6.07, 6.45) is -2.95. The van der Waals surface area contributed by atoms with Crippen molar-refractivity contribution in [1.29, 1.82) is 0 Å². The van der Waals surface area contributed by atoms with Gasteiger partial charge in [0.05, 0.1) is 11.5 Å². The molecule has 0 spiro atoms. The fraction of sp³-hybridized carbons (Fsp3) is 0.536. The highest BCUT2D eigenvalue weighted by Gasteiger charge is 2.78. The number of hydrogen-bond donors (Lipinski definition) is 2. The Morgan fingerprint density at radius 2 is 1.72 bits per heavy atom. The highest BCUT2D eigenvalue weighted by molar-refractivity contribution is 6.01. The van der Waals surface area contributed by atoms with E-state index >= 15 is 8.78 Å². The SMILES string of the molecule is C[C@@H]1C[C@H]2[C@@H]3C[C@H](F)C4=CC(=O)C=C[C@]4(C)[C@@]3(F)[C@@H](O)C[C@]2(C)[C@]1(OC(=O)O)OC(=O)c1c(F)cccc1F. The molecule has 9 atom stereocenters. The van der Waals surface area contributed by atoms with Crippen LogP contribution in [0.4, 0.5) is 22.4 Å². The van der Waals surface area contributed by atoms with Crippen molar-refractivity contribution in [1.82, 2.24) is 0 Å². The van der Waals surface area contributed by atoms with Crippen molar-refractivity contribution in [2.24, 2.45) is 28.6 Å². The van der Waals surface area contributed by atoms with Gasteiger partial charge in [-0.25, -0.2) is 27.2 Å². The minimum Gasteiger partial charge on any atom is -0.450 e. The molecule has 0 amide bonds. The van der Waals surface area contributed by atoms with Crippen molar-refractivity contribution >= 4 is 17.9 Å². The quantitative estimate of drug-likeness (QED) is 0.306. The Hall–Kier alpha value is -3.21. The molecule has 1 aromatic carbocycles. The van der Waals surface area contributed by atoms with Crippen molar-refractivity contribution in [2.75, 3.05) is 0 Å². The number of aliphatic hydroxyl groups excluding tert-OH is 1. The molecule has 0 saturated heterocycles. The van der Waals surface area contributed by atoms with E-state index in [1.54, 1.807) is 0 Å². The van der Waals surface area contributed by atoms with E-state index in [0.29, 0.717) is 0 Å². The Labute approximate surface area is 221 Å². The summed E-state index contributed by atoms with van der Waals surface area (Å²) in [5.41, 5.74) is -6.92. The molecular formula is C28H28F4O7. The van der Waals surface area contributed by atoms with Crippen molar-refractivity contribution in [3.63, 3.8) is 0 Å². The summed E-state index contributed by atoms with van der Waals surface area (Å²) < 4.78 is 72.6. The number of carbonyl (C=O) groups is 3. The molecule has 3 fully saturated rings.